The van der Waals surface area contributed by atoms with Crippen LogP contribution in [0.4, 0.5) is 0 Å². The van der Waals surface area contributed by atoms with Crippen molar-refractivity contribution >= 4 is 22.7 Å². The van der Waals surface area contributed by atoms with E-state index in [1.807, 2.05) is 6.92 Å². The fourth-order valence-corrected chi connectivity index (χ4v) is 3.57. The van der Waals surface area contributed by atoms with Crippen LogP contribution in [-0.2, 0) is 16.1 Å². The van der Waals surface area contributed by atoms with Crippen molar-refractivity contribution in [3.8, 4) is 0 Å². The normalized spacial score (nSPS) is 22.0. The first kappa shape index (κ1) is 20.0. The minimum atomic E-state index is -0.703. The Labute approximate surface area is 163 Å². The van der Waals surface area contributed by atoms with Gasteiger partial charge in [-0.15, -0.1) is 0 Å². The van der Waals surface area contributed by atoms with E-state index < -0.39 is 18.1 Å². The van der Waals surface area contributed by atoms with Gasteiger partial charge in [0.25, 0.3) is 5.56 Å². The van der Waals surface area contributed by atoms with Gasteiger partial charge in [-0.2, -0.15) is 0 Å². The number of carbonyl (C=O) groups is 2. The second-order valence-corrected chi connectivity index (χ2v) is 7.24. The molecule has 1 aromatic heterocycles. The molecule has 0 spiro atoms. The molecule has 0 bridgehead atoms. The number of carbonyl (C=O) groups excluding carboxylic acids is 2. The molecule has 1 aromatic carbocycles. The van der Waals surface area contributed by atoms with Gasteiger partial charge in [-0.25, -0.2) is 4.98 Å². The summed E-state index contributed by atoms with van der Waals surface area (Å²) in [4.78, 5) is 41.4. The van der Waals surface area contributed by atoms with Gasteiger partial charge in [-0.1, -0.05) is 19.1 Å². The van der Waals surface area contributed by atoms with Crippen LogP contribution < -0.4 is 16.2 Å². The highest BCUT2D eigenvalue weighted by atomic mass is 16.3. The highest BCUT2D eigenvalue weighted by molar-refractivity contribution is 5.80. The number of rotatable bonds is 6. The van der Waals surface area contributed by atoms with E-state index in [1.165, 1.54) is 10.9 Å². The Hall–Kier alpha value is -2.74. The molecule has 1 fully saturated rings. The summed E-state index contributed by atoms with van der Waals surface area (Å²) in [6.45, 7) is 2.41. The molecule has 1 aliphatic carbocycles. The van der Waals surface area contributed by atoms with Crippen molar-refractivity contribution in [2.24, 2.45) is 5.92 Å². The fraction of sp³-hybridized carbons (Fsp3) is 0.500. The van der Waals surface area contributed by atoms with Gasteiger partial charge in [-0.3, -0.25) is 19.0 Å². The number of nitrogens with one attached hydrogen (secondary N) is 2. The zero-order chi connectivity index (χ0) is 20.1. The summed E-state index contributed by atoms with van der Waals surface area (Å²) in [7, 11) is 0. The van der Waals surface area contributed by atoms with Gasteiger partial charge < -0.3 is 15.7 Å². The second kappa shape index (κ2) is 8.97. The number of aromatic nitrogens is 2. The number of benzene rings is 1. The Bertz CT molecular complexity index is 910. The van der Waals surface area contributed by atoms with Crippen LogP contribution in [0.2, 0.25) is 0 Å². The summed E-state index contributed by atoms with van der Waals surface area (Å²) < 4.78 is 1.25. The van der Waals surface area contributed by atoms with E-state index in [0.29, 0.717) is 36.7 Å². The van der Waals surface area contributed by atoms with Crippen molar-refractivity contribution in [2.45, 2.75) is 51.3 Å². The lowest BCUT2D eigenvalue weighted by atomic mass is 9.83. The Balaban J connectivity index is 1.64. The van der Waals surface area contributed by atoms with Crippen LogP contribution in [0.3, 0.4) is 0 Å². The SMILES string of the molecule is CCCNC(=O)[C@H]1CC[C@@H](O)[C@H](NC(=O)Cn2cnc3ccccc3c2=O)C1. The van der Waals surface area contributed by atoms with Gasteiger partial charge in [0, 0.05) is 12.5 Å². The van der Waals surface area contributed by atoms with Crippen LogP contribution in [0.5, 0.6) is 0 Å². The van der Waals surface area contributed by atoms with Gasteiger partial charge in [-0.05, 0) is 37.8 Å². The third kappa shape index (κ3) is 4.56. The van der Waals surface area contributed by atoms with Crippen LogP contribution in [0.1, 0.15) is 32.6 Å². The zero-order valence-corrected chi connectivity index (χ0v) is 15.9. The van der Waals surface area contributed by atoms with E-state index in [0.717, 1.165) is 6.42 Å². The molecule has 8 nitrogen and oxygen atoms in total. The number of fused-ring (bicyclic) bond motifs is 1. The summed E-state index contributed by atoms with van der Waals surface area (Å²) in [5.74, 6) is -0.661. The van der Waals surface area contributed by atoms with Gasteiger partial charge in [0.05, 0.1) is 29.4 Å². The van der Waals surface area contributed by atoms with Crippen molar-refractivity contribution in [1.82, 2.24) is 20.2 Å². The standard InChI is InChI=1S/C20H26N4O4/c1-2-9-21-19(27)13-7-8-17(25)16(10-13)23-18(26)11-24-12-22-15-6-4-3-5-14(15)20(24)28/h3-6,12-13,16-17,25H,2,7-11H2,1H3,(H,21,27)(H,23,26)/t13-,16+,17+/m0/s1. The predicted molar refractivity (Wildman–Crippen MR) is 105 cm³/mol. The molecule has 0 unspecified atom stereocenters. The third-order valence-corrected chi connectivity index (χ3v) is 5.13. The number of amides is 2. The number of hydrogen-bond donors (Lipinski definition) is 3. The van der Waals surface area contributed by atoms with Crippen LogP contribution in [0.25, 0.3) is 10.9 Å². The summed E-state index contributed by atoms with van der Waals surface area (Å²) in [6, 6.07) is 6.44. The average molecular weight is 386 g/mol. The number of nitrogens with zero attached hydrogens (tertiary/aromatic N) is 2. The first-order valence-corrected chi connectivity index (χ1v) is 9.69. The minimum absolute atomic E-state index is 0.0389. The minimum Gasteiger partial charge on any atom is -0.391 e. The monoisotopic (exact) mass is 386 g/mol. The summed E-state index contributed by atoms with van der Waals surface area (Å²) in [5.41, 5.74) is 0.287. The van der Waals surface area contributed by atoms with Crippen molar-refractivity contribution in [3.63, 3.8) is 0 Å². The zero-order valence-electron chi connectivity index (χ0n) is 15.9. The van der Waals surface area contributed by atoms with Crippen LogP contribution in [0.15, 0.2) is 35.4 Å². The van der Waals surface area contributed by atoms with E-state index >= 15 is 0 Å². The largest absolute Gasteiger partial charge is 0.391 e. The summed E-state index contributed by atoms with van der Waals surface area (Å²) in [6.07, 6.45) is 2.93. The molecule has 3 atom stereocenters. The van der Waals surface area contributed by atoms with E-state index in [-0.39, 0.29) is 23.9 Å². The lowest BCUT2D eigenvalue weighted by molar-refractivity contribution is -0.129. The first-order valence-electron chi connectivity index (χ1n) is 9.69. The molecule has 1 heterocycles. The molecule has 1 saturated carbocycles. The van der Waals surface area contributed by atoms with Crippen molar-refractivity contribution < 1.29 is 14.7 Å². The van der Waals surface area contributed by atoms with E-state index in [1.54, 1.807) is 24.3 Å². The van der Waals surface area contributed by atoms with E-state index in [9.17, 15) is 19.5 Å². The second-order valence-electron chi connectivity index (χ2n) is 7.24. The maximum Gasteiger partial charge on any atom is 0.261 e. The van der Waals surface area contributed by atoms with Gasteiger partial charge in [0.2, 0.25) is 11.8 Å². The van der Waals surface area contributed by atoms with E-state index in [2.05, 4.69) is 15.6 Å². The quantitative estimate of drug-likeness (QED) is 0.672. The molecule has 2 aromatic rings. The van der Waals surface area contributed by atoms with Crippen molar-refractivity contribution in [3.05, 3.63) is 40.9 Å². The van der Waals surface area contributed by atoms with Gasteiger partial charge in [0.15, 0.2) is 0 Å². The topological polar surface area (TPSA) is 113 Å². The molecule has 3 N–H and O–H groups in total. The maximum absolute atomic E-state index is 12.5. The first-order chi connectivity index (χ1) is 13.5. The molecule has 8 heteroatoms. The number of hydrogen-bond acceptors (Lipinski definition) is 5. The molecular weight excluding hydrogens is 360 g/mol. The Morgan fingerprint density at radius 1 is 1.29 bits per heavy atom. The Kier molecular flexibility index (Phi) is 6.41. The smallest absolute Gasteiger partial charge is 0.261 e. The lowest BCUT2D eigenvalue weighted by Crippen LogP contribution is -2.50. The predicted octanol–water partition coefficient (Wildman–Crippen LogP) is 0.569. The molecule has 28 heavy (non-hydrogen) atoms. The number of para-hydroxylation sites is 1. The van der Waals surface area contributed by atoms with Crippen molar-refractivity contribution in [2.75, 3.05) is 6.54 Å². The Morgan fingerprint density at radius 3 is 2.86 bits per heavy atom. The maximum atomic E-state index is 12.5. The Morgan fingerprint density at radius 2 is 2.07 bits per heavy atom. The molecule has 1 aliphatic rings. The molecule has 0 saturated heterocycles. The van der Waals surface area contributed by atoms with Gasteiger partial charge >= 0.3 is 0 Å². The fourth-order valence-electron chi connectivity index (χ4n) is 3.57. The van der Waals surface area contributed by atoms with Crippen molar-refractivity contribution in [1.29, 1.82) is 0 Å². The molecule has 3 rings (SSSR count). The molecule has 150 valence electrons. The number of aliphatic hydroxyl groups is 1. The highest BCUT2D eigenvalue weighted by Gasteiger charge is 2.33. The lowest BCUT2D eigenvalue weighted by Gasteiger charge is -2.33. The molecule has 0 aliphatic heterocycles. The number of aliphatic hydroxyl groups excluding tert-OH is 1. The highest BCUT2D eigenvalue weighted by Crippen LogP contribution is 2.25. The average Bonchev–Trinajstić information content (AvgIpc) is 2.70. The van der Waals surface area contributed by atoms with E-state index in [4.69, 9.17) is 0 Å². The van der Waals surface area contributed by atoms with Crippen LogP contribution in [0, 0.1) is 5.92 Å². The summed E-state index contributed by atoms with van der Waals surface area (Å²) >= 11 is 0. The molecule has 2 amide bonds. The van der Waals surface area contributed by atoms with Gasteiger partial charge in [0.1, 0.15) is 6.54 Å². The summed E-state index contributed by atoms with van der Waals surface area (Å²) in [5, 5.41) is 16.3. The third-order valence-electron chi connectivity index (χ3n) is 5.13. The van der Waals surface area contributed by atoms with Crippen LogP contribution >= 0.6 is 0 Å². The molecular formula is C20H26N4O4. The molecule has 0 radical (unpaired) electrons. The van der Waals surface area contributed by atoms with Crippen LogP contribution in [-0.4, -0.2) is 45.2 Å².